The van der Waals surface area contributed by atoms with Crippen LogP contribution in [0.5, 0.6) is 5.75 Å². The van der Waals surface area contributed by atoms with Crippen molar-refractivity contribution in [1.29, 1.82) is 0 Å². The Bertz CT molecular complexity index is 760. The first-order valence-electron chi connectivity index (χ1n) is 7.58. The standard InChI is InChI=1S/C18H18ClN3O3/c1-25-16-7-5-15(6-8-16)21-17(23)9-10-18(24)22-20-12-13-3-2-4-14(19)11-13/h2-8,11-12H,9-10H2,1H3,(H,21,23)(H,22,24). The number of anilines is 1. The van der Waals surface area contributed by atoms with E-state index < -0.39 is 0 Å². The van der Waals surface area contributed by atoms with E-state index in [4.69, 9.17) is 16.3 Å². The molecule has 6 nitrogen and oxygen atoms in total. The minimum absolute atomic E-state index is 0.0366. The van der Waals surface area contributed by atoms with E-state index in [-0.39, 0.29) is 24.7 Å². The quantitative estimate of drug-likeness (QED) is 0.588. The molecule has 0 heterocycles. The molecule has 0 fully saturated rings. The number of benzene rings is 2. The molecule has 0 aliphatic carbocycles. The Morgan fingerprint density at radius 1 is 1.12 bits per heavy atom. The van der Waals surface area contributed by atoms with Gasteiger partial charge in [-0.2, -0.15) is 5.10 Å². The van der Waals surface area contributed by atoms with Crippen LogP contribution in [0.3, 0.4) is 0 Å². The number of ether oxygens (including phenoxy) is 1. The maximum absolute atomic E-state index is 11.8. The molecule has 0 spiro atoms. The lowest BCUT2D eigenvalue weighted by molar-refractivity contribution is -0.124. The third-order valence-electron chi connectivity index (χ3n) is 3.20. The molecule has 2 amide bonds. The highest BCUT2D eigenvalue weighted by Crippen LogP contribution is 2.15. The second-order valence-electron chi connectivity index (χ2n) is 5.12. The molecule has 0 aliphatic heterocycles. The van der Waals surface area contributed by atoms with Gasteiger partial charge in [0, 0.05) is 23.6 Å². The first-order chi connectivity index (χ1) is 12.1. The number of methoxy groups -OCH3 is 1. The van der Waals surface area contributed by atoms with Gasteiger partial charge in [-0.3, -0.25) is 9.59 Å². The van der Waals surface area contributed by atoms with Crippen LogP contribution in [0.1, 0.15) is 18.4 Å². The van der Waals surface area contributed by atoms with Gasteiger partial charge in [-0.15, -0.1) is 0 Å². The van der Waals surface area contributed by atoms with Crippen molar-refractivity contribution in [2.75, 3.05) is 12.4 Å². The maximum Gasteiger partial charge on any atom is 0.240 e. The minimum Gasteiger partial charge on any atom is -0.497 e. The lowest BCUT2D eigenvalue weighted by Crippen LogP contribution is -2.20. The molecule has 0 saturated heterocycles. The summed E-state index contributed by atoms with van der Waals surface area (Å²) in [5.41, 5.74) is 3.79. The Morgan fingerprint density at radius 2 is 1.84 bits per heavy atom. The van der Waals surface area contributed by atoms with Gasteiger partial charge in [0.1, 0.15) is 5.75 Å². The SMILES string of the molecule is COc1ccc(NC(=O)CCC(=O)NN=Cc2cccc(Cl)c2)cc1. The fourth-order valence-electron chi connectivity index (χ4n) is 1.95. The van der Waals surface area contributed by atoms with Gasteiger partial charge >= 0.3 is 0 Å². The van der Waals surface area contributed by atoms with Crippen molar-refractivity contribution in [3.05, 3.63) is 59.1 Å². The zero-order valence-corrected chi connectivity index (χ0v) is 14.4. The van der Waals surface area contributed by atoms with Crippen LogP contribution in [0.4, 0.5) is 5.69 Å². The molecular weight excluding hydrogens is 342 g/mol. The predicted molar refractivity (Wildman–Crippen MR) is 98.0 cm³/mol. The fraction of sp³-hybridized carbons (Fsp3) is 0.167. The summed E-state index contributed by atoms with van der Waals surface area (Å²) in [6.07, 6.45) is 1.58. The number of carbonyl (C=O) groups excluding carboxylic acids is 2. The number of nitrogens with one attached hydrogen (secondary N) is 2. The molecule has 0 radical (unpaired) electrons. The van der Waals surface area contributed by atoms with Gasteiger partial charge in [-0.1, -0.05) is 23.7 Å². The smallest absolute Gasteiger partial charge is 0.240 e. The van der Waals surface area contributed by atoms with Crippen molar-refractivity contribution in [2.24, 2.45) is 5.10 Å². The van der Waals surface area contributed by atoms with E-state index >= 15 is 0 Å². The monoisotopic (exact) mass is 359 g/mol. The van der Waals surface area contributed by atoms with E-state index in [0.29, 0.717) is 16.5 Å². The van der Waals surface area contributed by atoms with Crippen LogP contribution in [0.2, 0.25) is 5.02 Å². The molecular formula is C18H18ClN3O3. The highest BCUT2D eigenvalue weighted by atomic mass is 35.5. The van der Waals surface area contributed by atoms with E-state index in [0.717, 1.165) is 5.56 Å². The second-order valence-corrected chi connectivity index (χ2v) is 5.56. The molecule has 25 heavy (non-hydrogen) atoms. The van der Waals surface area contributed by atoms with Crippen molar-refractivity contribution in [3.8, 4) is 5.75 Å². The van der Waals surface area contributed by atoms with Gasteiger partial charge in [0.05, 0.1) is 13.3 Å². The summed E-state index contributed by atoms with van der Waals surface area (Å²) < 4.78 is 5.04. The van der Waals surface area contributed by atoms with Crippen LogP contribution in [-0.2, 0) is 9.59 Å². The van der Waals surface area contributed by atoms with Gasteiger partial charge in [-0.05, 0) is 42.0 Å². The summed E-state index contributed by atoms with van der Waals surface area (Å²) in [6.45, 7) is 0. The molecule has 0 saturated carbocycles. The Kier molecular flexibility index (Phi) is 6.98. The van der Waals surface area contributed by atoms with Crippen LogP contribution in [0, 0.1) is 0 Å². The Labute approximate surface area is 150 Å². The summed E-state index contributed by atoms with van der Waals surface area (Å²) in [4.78, 5) is 23.5. The average molecular weight is 360 g/mol. The highest BCUT2D eigenvalue weighted by Gasteiger charge is 2.07. The summed E-state index contributed by atoms with van der Waals surface area (Å²) in [6, 6.07) is 14.0. The van der Waals surface area contributed by atoms with Gasteiger partial charge in [0.15, 0.2) is 0 Å². The topological polar surface area (TPSA) is 79.8 Å². The molecule has 0 aliphatic rings. The lowest BCUT2D eigenvalue weighted by Gasteiger charge is -2.06. The van der Waals surface area contributed by atoms with Crippen LogP contribution in [-0.4, -0.2) is 25.1 Å². The number of hydrazone groups is 1. The zero-order chi connectivity index (χ0) is 18.1. The van der Waals surface area contributed by atoms with Crippen molar-refractivity contribution in [3.63, 3.8) is 0 Å². The third-order valence-corrected chi connectivity index (χ3v) is 3.44. The molecule has 0 atom stereocenters. The molecule has 130 valence electrons. The summed E-state index contributed by atoms with van der Waals surface area (Å²) in [5.74, 6) is 0.109. The van der Waals surface area contributed by atoms with E-state index in [1.54, 1.807) is 49.6 Å². The van der Waals surface area contributed by atoms with Gasteiger partial charge in [0.2, 0.25) is 11.8 Å². The lowest BCUT2D eigenvalue weighted by atomic mass is 10.2. The van der Waals surface area contributed by atoms with Crippen molar-refractivity contribution in [1.82, 2.24) is 5.43 Å². The van der Waals surface area contributed by atoms with E-state index in [2.05, 4.69) is 15.8 Å². The van der Waals surface area contributed by atoms with Crippen molar-refractivity contribution in [2.45, 2.75) is 12.8 Å². The van der Waals surface area contributed by atoms with Gasteiger partial charge in [0.25, 0.3) is 0 Å². The number of hydrogen-bond acceptors (Lipinski definition) is 4. The number of nitrogens with zero attached hydrogens (tertiary/aromatic N) is 1. The Balaban J connectivity index is 1.72. The molecule has 2 aromatic carbocycles. The van der Waals surface area contributed by atoms with Crippen LogP contribution in [0.25, 0.3) is 0 Å². The van der Waals surface area contributed by atoms with Gasteiger partial charge in [-0.25, -0.2) is 5.43 Å². The normalized spacial score (nSPS) is 10.5. The van der Waals surface area contributed by atoms with E-state index in [1.807, 2.05) is 6.07 Å². The fourth-order valence-corrected chi connectivity index (χ4v) is 2.15. The number of amides is 2. The number of hydrogen-bond donors (Lipinski definition) is 2. The first-order valence-corrected chi connectivity index (χ1v) is 7.96. The summed E-state index contributed by atoms with van der Waals surface area (Å²) in [5, 5.41) is 7.13. The second kappa shape index (κ2) is 9.44. The van der Waals surface area contributed by atoms with E-state index in [9.17, 15) is 9.59 Å². The molecule has 0 aromatic heterocycles. The molecule has 2 N–H and O–H groups in total. The molecule has 2 rings (SSSR count). The van der Waals surface area contributed by atoms with Crippen molar-refractivity contribution < 1.29 is 14.3 Å². The average Bonchev–Trinajstić information content (AvgIpc) is 2.61. The highest BCUT2D eigenvalue weighted by molar-refractivity contribution is 6.30. The maximum atomic E-state index is 11.8. The Hall–Kier alpha value is -2.86. The molecule has 7 heteroatoms. The van der Waals surface area contributed by atoms with Crippen molar-refractivity contribution >= 4 is 35.3 Å². The molecule has 0 bridgehead atoms. The summed E-state index contributed by atoms with van der Waals surface area (Å²) in [7, 11) is 1.57. The predicted octanol–water partition coefficient (Wildman–Crippen LogP) is 3.22. The number of halogens is 1. The van der Waals surface area contributed by atoms with Crippen LogP contribution < -0.4 is 15.5 Å². The van der Waals surface area contributed by atoms with Crippen LogP contribution in [0.15, 0.2) is 53.6 Å². The molecule has 0 unspecified atom stereocenters. The third kappa shape index (κ3) is 6.64. The van der Waals surface area contributed by atoms with Crippen LogP contribution >= 0.6 is 11.6 Å². The number of rotatable bonds is 7. The minimum atomic E-state index is -0.344. The van der Waals surface area contributed by atoms with Gasteiger partial charge < -0.3 is 10.1 Å². The summed E-state index contributed by atoms with van der Waals surface area (Å²) >= 11 is 5.85. The molecule has 2 aromatic rings. The largest absolute Gasteiger partial charge is 0.497 e. The van der Waals surface area contributed by atoms with E-state index in [1.165, 1.54) is 6.21 Å². The number of carbonyl (C=O) groups is 2. The zero-order valence-electron chi connectivity index (χ0n) is 13.7. The first kappa shape index (κ1) is 18.5. The Morgan fingerprint density at radius 3 is 2.52 bits per heavy atom.